The van der Waals surface area contributed by atoms with Gasteiger partial charge in [0.05, 0.1) is 30.3 Å². The highest BCUT2D eigenvalue weighted by molar-refractivity contribution is 5.97. The van der Waals surface area contributed by atoms with Crippen LogP contribution in [0.5, 0.6) is 0 Å². The maximum atomic E-state index is 13.0. The largest absolute Gasteiger partial charge is 0.376 e. The van der Waals surface area contributed by atoms with Crippen LogP contribution < -0.4 is 4.90 Å². The Kier molecular flexibility index (Phi) is 5.97. The number of rotatable bonds is 5. The van der Waals surface area contributed by atoms with Crippen molar-refractivity contribution in [3.8, 4) is 11.5 Å². The van der Waals surface area contributed by atoms with Gasteiger partial charge in [0.15, 0.2) is 5.82 Å². The summed E-state index contributed by atoms with van der Waals surface area (Å²) in [5.74, 6) is 1.59. The number of likely N-dealkylation sites (N-methyl/N-ethyl adjacent to an activating group) is 1. The standard InChI is InChI=1S/C25H34N6O2/c1-5-17-6-7-19-18(11-17)24(29-28-19)25-26-20-10-15(2)22(12-21(20)27-25)30(4)23(32)14-31-8-9-33-16(3)13-31/h10,12,16-17H,5-9,11,13-14H2,1-4H3,(H,26,27)(H,28,29)/t16-,17-/m0/s1. The number of nitrogens with one attached hydrogen (secondary N) is 2. The van der Waals surface area contributed by atoms with Crippen molar-refractivity contribution >= 4 is 22.6 Å². The number of aromatic amines is 2. The lowest BCUT2D eigenvalue weighted by Crippen LogP contribution is -2.46. The van der Waals surface area contributed by atoms with E-state index in [1.165, 1.54) is 24.1 Å². The zero-order valence-electron chi connectivity index (χ0n) is 20.1. The van der Waals surface area contributed by atoms with Gasteiger partial charge < -0.3 is 14.6 Å². The number of H-pyrrole nitrogens is 2. The second-order valence-corrected chi connectivity index (χ2v) is 9.66. The molecule has 0 radical (unpaired) electrons. The van der Waals surface area contributed by atoms with Gasteiger partial charge in [0.2, 0.25) is 5.91 Å². The summed E-state index contributed by atoms with van der Waals surface area (Å²) in [5.41, 5.74) is 7.23. The molecule has 2 N–H and O–H groups in total. The average molecular weight is 451 g/mol. The highest BCUT2D eigenvalue weighted by Gasteiger charge is 2.26. The number of aryl methyl sites for hydroxylation is 2. The van der Waals surface area contributed by atoms with E-state index >= 15 is 0 Å². The second-order valence-electron chi connectivity index (χ2n) is 9.66. The maximum absolute atomic E-state index is 13.0. The van der Waals surface area contributed by atoms with Crippen LogP contribution in [0.25, 0.3) is 22.6 Å². The van der Waals surface area contributed by atoms with Gasteiger partial charge in [-0.05, 0) is 56.7 Å². The fourth-order valence-corrected chi connectivity index (χ4v) is 5.20. The average Bonchev–Trinajstić information content (AvgIpc) is 3.40. The molecule has 1 fully saturated rings. The van der Waals surface area contributed by atoms with Crippen LogP contribution in [-0.2, 0) is 22.4 Å². The molecule has 3 aromatic rings. The van der Waals surface area contributed by atoms with Gasteiger partial charge in [0, 0.05) is 37.1 Å². The molecule has 5 rings (SSSR count). The molecule has 1 saturated heterocycles. The minimum Gasteiger partial charge on any atom is -0.376 e. The Morgan fingerprint density at radius 3 is 3.00 bits per heavy atom. The second kappa shape index (κ2) is 8.91. The third-order valence-electron chi connectivity index (χ3n) is 7.27. The van der Waals surface area contributed by atoms with E-state index in [1.54, 1.807) is 4.90 Å². The lowest BCUT2D eigenvalue weighted by molar-refractivity contribution is -0.121. The molecule has 8 nitrogen and oxygen atoms in total. The van der Waals surface area contributed by atoms with Crippen LogP contribution in [0, 0.1) is 12.8 Å². The third-order valence-corrected chi connectivity index (χ3v) is 7.27. The molecule has 1 aliphatic carbocycles. The molecule has 1 aromatic carbocycles. The van der Waals surface area contributed by atoms with E-state index in [0.29, 0.717) is 19.1 Å². The number of ether oxygens (including phenoxy) is 1. The topological polar surface area (TPSA) is 90.1 Å². The Balaban J connectivity index is 1.40. The highest BCUT2D eigenvalue weighted by Crippen LogP contribution is 2.34. The molecule has 0 saturated carbocycles. The Hall–Kier alpha value is -2.71. The van der Waals surface area contributed by atoms with Crippen molar-refractivity contribution in [2.45, 2.75) is 52.6 Å². The van der Waals surface area contributed by atoms with Crippen molar-refractivity contribution in [2.75, 3.05) is 38.2 Å². The summed E-state index contributed by atoms with van der Waals surface area (Å²) in [4.78, 5) is 25.3. The first-order chi connectivity index (χ1) is 15.9. The Morgan fingerprint density at radius 2 is 2.21 bits per heavy atom. The van der Waals surface area contributed by atoms with E-state index in [-0.39, 0.29) is 12.0 Å². The van der Waals surface area contributed by atoms with Crippen LogP contribution in [-0.4, -0.2) is 70.4 Å². The predicted molar refractivity (Wildman–Crippen MR) is 129 cm³/mol. The SMILES string of the molecule is CC[C@H]1CCc2[nH]nc(-c3nc4cc(N(C)C(=O)CN5CCO[C@@H](C)C5)c(C)cc4[nH]3)c2C1. The van der Waals surface area contributed by atoms with Crippen molar-refractivity contribution < 1.29 is 9.53 Å². The highest BCUT2D eigenvalue weighted by atomic mass is 16.5. The number of imidazole rings is 1. The number of hydrogen-bond acceptors (Lipinski definition) is 5. The number of amides is 1. The summed E-state index contributed by atoms with van der Waals surface area (Å²) in [6, 6.07) is 4.09. The van der Waals surface area contributed by atoms with Crippen LogP contribution in [0.15, 0.2) is 12.1 Å². The maximum Gasteiger partial charge on any atom is 0.240 e. The molecule has 2 aliphatic rings. The van der Waals surface area contributed by atoms with E-state index < -0.39 is 0 Å². The van der Waals surface area contributed by atoms with E-state index in [4.69, 9.17) is 9.72 Å². The summed E-state index contributed by atoms with van der Waals surface area (Å²) >= 11 is 0. The lowest BCUT2D eigenvalue weighted by Gasteiger charge is -2.32. The summed E-state index contributed by atoms with van der Waals surface area (Å²) < 4.78 is 5.60. The number of nitrogens with zero attached hydrogens (tertiary/aromatic N) is 4. The normalized spacial score (nSPS) is 21.3. The summed E-state index contributed by atoms with van der Waals surface area (Å²) in [6.45, 7) is 8.99. The van der Waals surface area contributed by atoms with Crippen LogP contribution in [0.1, 0.15) is 43.5 Å². The van der Waals surface area contributed by atoms with Crippen molar-refractivity contribution in [3.63, 3.8) is 0 Å². The van der Waals surface area contributed by atoms with Gasteiger partial charge in [0.25, 0.3) is 0 Å². The van der Waals surface area contributed by atoms with Gasteiger partial charge in [-0.3, -0.25) is 14.8 Å². The van der Waals surface area contributed by atoms with E-state index in [9.17, 15) is 4.79 Å². The van der Waals surface area contributed by atoms with E-state index in [0.717, 1.165) is 59.7 Å². The molecule has 1 amide bonds. The van der Waals surface area contributed by atoms with Gasteiger partial charge in [-0.2, -0.15) is 5.10 Å². The number of aromatic nitrogens is 4. The fraction of sp³-hybridized carbons (Fsp3) is 0.560. The van der Waals surface area contributed by atoms with Crippen molar-refractivity contribution in [2.24, 2.45) is 5.92 Å². The first kappa shape index (κ1) is 22.1. The molecule has 0 spiro atoms. The Morgan fingerprint density at radius 1 is 1.36 bits per heavy atom. The van der Waals surface area contributed by atoms with E-state index in [1.807, 2.05) is 27.0 Å². The van der Waals surface area contributed by atoms with Crippen molar-refractivity contribution in [1.29, 1.82) is 0 Å². The van der Waals surface area contributed by atoms with Crippen LogP contribution in [0.4, 0.5) is 5.69 Å². The van der Waals surface area contributed by atoms with Gasteiger partial charge >= 0.3 is 0 Å². The summed E-state index contributed by atoms with van der Waals surface area (Å²) in [5, 5.41) is 7.85. The number of carbonyl (C=O) groups excluding carboxylic acids is 1. The molecule has 1 aliphatic heterocycles. The minimum atomic E-state index is 0.0780. The molecule has 2 aromatic heterocycles. The van der Waals surface area contributed by atoms with Crippen LogP contribution >= 0.6 is 0 Å². The first-order valence-electron chi connectivity index (χ1n) is 12.1. The predicted octanol–water partition coefficient (Wildman–Crippen LogP) is 3.46. The Bertz CT molecular complexity index is 1170. The number of hydrogen-bond donors (Lipinski definition) is 2. The molecule has 0 bridgehead atoms. The minimum absolute atomic E-state index is 0.0780. The molecular formula is C25H34N6O2. The molecule has 2 atom stereocenters. The van der Waals surface area contributed by atoms with Crippen molar-refractivity contribution in [1.82, 2.24) is 25.1 Å². The molecular weight excluding hydrogens is 416 g/mol. The number of anilines is 1. The molecule has 0 unspecified atom stereocenters. The number of morpholine rings is 1. The zero-order chi connectivity index (χ0) is 23.1. The fourth-order valence-electron chi connectivity index (χ4n) is 5.20. The number of fused-ring (bicyclic) bond motifs is 2. The monoisotopic (exact) mass is 450 g/mol. The van der Waals surface area contributed by atoms with Gasteiger partial charge in [-0.25, -0.2) is 4.98 Å². The molecule has 8 heteroatoms. The molecule has 33 heavy (non-hydrogen) atoms. The Labute approximate surface area is 194 Å². The van der Waals surface area contributed by atoms with Crippen LogP contribution in [0.3, 0.4) is 0 Å². The smallest absolute Gasteiger partial charge is 0.240 e. The van der Waals surface area contributed by atoms with Crippen LogP contribution in [0.2, 0.25) is 0 Å². The van der Waals surface area contributed by atoms with E-state index in [2.05, 4.69) is 33.1 Å². The quantitative estimate of drug-likeness (QED) is 0.621. The molecule has 3 heterocycles. The lowest BCUT2D eigenvalue weighted by atomic mass is 9.85. The molecule has 176 valence electrons. The summed E-state index contributed by atoms with van der Waals surface area (Å²) in [7, 11) is 1.85. The summed E-state index contributed by atoms with van der Waals surface area (Å²) in [6.07, 6.45) is 4.68. The van der Waals surface area contributed by atoms with Gasteiger partial charge in [-0.15, -0.1) is 0 Å². The number of benzene rings is 1. The number of carbonyl (C=O) groups is 1. The first-order valence-corrected chi connectivity index (χ1v) is 12.1. The zero-order valence-corrected chi connectivity index (χ0v) is 20.1. The van der Waals surface area contributed by atoms with Gasteiger partial charge in [0.1, 0.15) is 5.69 Å². The third kappa shape index (κ3) is 4.29. The van der Waals surface area contributed by atoms with Gasteiger partial charge in [-0.1, -0.05) is 13.3 Å². The van der Waals surface area contributed by atoms with Crippen molar-refractivity contribution in [3.05, 3.63) is 29.0 Å².